The lowest BCUT2D eigenvalue weighted by Gasteiger charge is -2.31. The standard InChI is InChI=1S/C27H35ClN2O3/c1-20-14-16-24(17-15-20)33-18-8-13-26(31)30(19-22-9-6-7-12-25(22)28)21(2)27(32)29-23-10-4-3-5-11-23/h6-7,9,12,14-17,21,23H,3-5,8,10-11,13,18-19H2,1-2H3,(H,29,32). The number of hydrogen-bond acceptors (Lipinski definition) is 3. The van der Waals surface area contributed by atoms with Crippen molar-refractivity contribution in [1.82, 2.24) is 10.2 Å². The second kappa shape index (κ2) is 12.6. The Morgan fingerprint density at radius 2 is 1.79 bits per heavy atom. The van der Waals surface area contributed by atoms with Gasteiger partial charge < -0.3 is 15.0 Å². The van der Waals surface area contributed by atoms with Crippen LogP contribution in [-0.4, -0.2) is 35.4 Å². The molecule has 2 aromatic carbocycles. The molecule has 1 saturated carbocycles. The van der Waals surface area contributed by atoms with E-state index < -0.39 is 6.04 Å². The number of benzene rings is 2. The van der Waals surface area contributed by atoms with Gasteiger partial charge in [-0.15, -0.1) is 0 Å². The number of carbonyl (C=O) groups is 2. The largest absolute Gasteiger partial charge is 0.494 e. The average Bonchev–Trinajstić information content (AvgIpc) is 2.82. The minimum Gasteiger partial charge on any atom is -0.494 e. The van der Waals surface area contributed by atoms with Crippen LogP contribution in [0.4, 0.5) is 0 Å². The van der Waals surface area contributed by atoms with Crippen molar-refractivity contribution in [2.45, 2.75) is 77.4 Å². The molecule has 0 aliphatic heterocycles. The fourth-order valence-electron chi connectivity index (χ4n) is 4.15. The number of halogens is 1. The third-order valence-corrected chi connectivity index (χ3v) is 6.61. The van der Waals surface area contributed by atoms with E-state index in [0.29, 0.717) is 31.0 Å². The fourth-order valence-corrected chi connectivity index (χ4v) is 4.35. The molecule has 3 rings (SSSR count). The van der Waals surface area contributed by atoms with Crippen LogP contribution in [0.1, 0.15) is 63.0 Å². The zero-order valence-electron chi connectivity index (χ0n) is 19.7. The Balaban J connectivity index is 1.60. The van der Waals surface area contributed by atoms with Crippen molar-refractivity contribution in [3.05, 3.63) is 64.7 Å². The summed E-state index contributed by atoms with van der Waals surface area (Å²) in [6.45, 7) is 4.57. The van der Waals surface area contributed by atoms with E-state index in [4.69, 9.17) is 16.3 Å². The molecule has 2 amide bonds. The zero-order valence-corrected chi connectivity index (χ0v) is 20.4. The number of amides is 2. The SMILES string of the molecule is Cc1ccc(OCCCC(=O)N(Cc2ccccc2Cl)C(C)C(=O)NC2CCCCC2)cc1. The van der Waals surface area contributed by atoms with Gasteiger partial charge in [-0.3, -0.25) is 9.59 Å². The molecule has 33 heavy (non-hydrogen) atoms. The third-order valence-electron chi connectivity index (χ3n) is 6.24. The van der Waals surface area contributed by atoms with Gasteiger partial charge in [-0.05, 0) is 56.9 Å². The van der Waals surface area contributed by atoms with Gasteiger partial charge in [0.2, 0.25) is 11.8 Å². The Labute approximate surface area is 202 Å². The first-order chi connectivity index (χ1) is 15.9. The second-order valence-electron chi connectivity index (χ2n) is 8.90. The smallest absolute Gasteiger partial charge is 0.242 e. The van der Waals surface area contributed by atoms with E-state index in [-0.39, 0.29) is 17.9 Å². The van der Waals surface area contributed by atoms with Crippen molar-refractivity contribution in [3.63, 3.8) is 0 Å². The first-order valence-corrected chi connectivity index (χ1v) is 12.3. The van der Waals surface area contributed by atoms with Crippen LogP contribution in [0, 0.1) is 6.92 Å². The molecule has 0 saturated heterocycles. The number of rotatable bonds is 10. The summed E-state index contributed by atoms with van der Waals surface area (Å²) < 4.78 is 5.77. The Kier molecular flexibility index (Phi) is 9.61. The Morgan fingerprint density at radius 3 is 2.48 bits per heavy atom. The normalized spacial score (nSPS) is 15.0. The van der Waals surface area contributed by atoms with Crippen LogP contribution in [0.3, 0.4) is 0 Å². The highest BCUT2D eigenvalue weighted by atomic mass is 35.5. The maximum atomic E-state index is 13.2. The van der Waals surface area contributed by atoms with Gasteiger partial charge in [0.15, 0.2) is 0 Å². The highest BCUT2D eigenvalue weighted by molar-refractivity contribution is 6.31. The first-order valence-electron chi connectivity index (χ1n) is 12.0. The molecule has 178 valence electrons. The van der Waals surface area contributed by atoms with Gasteiger partial charge in [-0.2, -0.15) is 0 Å². The molecule has 1 fully saturated rings. The first kappa shape index (κ1) is 25.1. The molecule has 0 heterocycles. The predicted octanol–water partition coefficient (Wildman–Crippen LogP) is 5.67. The van der Waals surface area contributed by atoms with Crippen LogP contribution in [-0.2, 0) is 16.1 Å². The van der Waals surface area contributed by atoms with Crippen molar-refractivity contribution >= 4 is 23.4 Å². The number of nitrogens with one attached hydrogen (secondary N) is 1. The molecule has 0 aromatic heterocycles. The van der Waals surface area contributed by atoms with E-state index in [2.05, 4.69) is 5.32 Å². The molecule has 0 bridgehead atoms. The van der Waals surface area contributed by atoms with Gasteiger partial charge in [-0.25, -0.2) is 0 Å². The molecule has 1 atom stereocenters. The number of ether oxygens (including phenoxy) is 1. The summed E-state index contributed by atoms with van der Waals surface area (Å²) in [5, 5.41) is 3.75. The number of carbonyl (C=O) groups excluding carboxylic acids is 2. The molecule has 0 radical (unpaired) electrons. The van der Waals surface area contributed by atoms with Gasteiger partial charge in [-0.1, -0.05) is 66.8 Å². The quantitative estimate of drug-likeness (QED) is 0.455. The Hall–Kier alpha value is -2.53. The topological polar surface area (TPSA) is 58.6 Å². The summed E-state index contributed by atoms with van der Waals surface area (Å²) in [7, 11) is 0. The van der Waals surface area contributed by atoms with Crippen molar-refractivity contribution in [2.24, 2.45) is 0 Å². The molecule has 6 heteroatoms. The van der Waals surface area contributed by atoms with Crippen LogP contribution in [0.2, 0.25) is 5.02 Å². The van der Waals surface area contributed by atoms with E-state index >= 15 is 0 Å². The zero-order chi connectivity index (χ0) is 23.6. The maximum absolute atomic E-state index is 13.2. The fraction of sp³-hybridized carbons (Fsp3) is 0.481. The van der Waals surface area contributed by atoms with Crippen molar-refractivity contribution in [3.8, 4) is 5.75 Å². The summed E-state index contributed by atoms with van der Waals surface area (Å²) in [4.78, 5) is 27.9. The van der Waals surface area contributed by atoms with Crippen molar-refractivity contribution in [1.29, 1.82) is 0 Å². The summed E-state index contributed by atoms with van der Waals surface area (Å²) in [6, 6.07) is 14.9. The number of hydrogen-bond donors (Lipinski definition) is 1. The van der Waals surface area contributed by atoms with E-state index in [1.54, 1.807) is 11.8 Å². The van der Waals surface area contributed by atoms with E-state index in [0.717, 1.165) is 37.0 Å². The third kappa shape index (κ3) is 7.78. The summed E-state index contributed by atoms with van der Waals surface area (Å²) >= 11 is 6.36. The average molecular weight is 471 g/mol. The van der Waals surface area contributed by atoms with Crippen LogP contribution in [0.5, 0.6) is 5.75 Å². The lowest BCUT2D eigenvalue weighted by Crippen LogP contribution is -2.50. The lowest BCUT2D eigenvalue weighted by molar-refractivity contribution is -0.141. The molecule has 1 aliphatic rings. The summed E-state index contributed by atoms with van der Waals surface area (Å²) in [5.74, 6) is 0.619. The molecule has 5 nitrogen and oxygen atoms in total. The Morgan fingerprint density at radius 1 is 1.09 bits per heavy atom. The molecule has 1 N–H and O–H groups in total. The molecular formula is C27H35ClN2O3. The van der Waals surface area contributed by atoms with Gasteiger partial charge in [0.1, 0.15) is 11.8 Å². The van der Waals surface area contributed by atoms with Crippen molar-refractivity contribution in [2.75, 3.05) is 6.61 Å². The number of nitrogens with zero attached hydrogens (tertiary/aromatic N) is 1. The lowest BCUT2D eigenvalue weighted by atomic mass is 9.95. The molecule has 1 aliphatic carbocycles. The predicted molar refractivity (Wildman–Crippen MR) is 132 cm³/mol. The summed E-state index contributed by atoms with van der Waals surface area (Å²) in [5.41, 5.74) is 2.01. The van der Waals surface area contributed by atoms with Crippen LogP contribution >= 0.6 is 11.6 Å². The second-order valence-corrected chi connectivity index (χ2v) is 9.30. The van der Waals surface area contributed by atoms with E-state index in [9.17, 15) is 9.59 Å². The molecule has 1 unspecified atom stereocenters. The summed E-state index contributed by atoms with van der Waals surface area (Å²) in [6.07, 6.45) is 6.40. The highest BCUT2D eigenvalue weighted by Crippen LogP contribution is 2.21. The van der Waals surface area contributed by atoms with Gasteiger partial charge in [0, 0.05) is 24.0 Å². The van der Waals surface area contributed by atoms with Crippen LogP contribution in [0.15, 0.2) is 48.5 Å². The molecule has 2 aromatic rings. The monoisotopic (exact) mass is 470 g/mol. The highest BCUT2D eigenvalue weighted by Gasteiger charge is 2.28. The Bertz CT molecular complexity index is 910. The molecular weight excluding hydrogens is 436 g/mol. The van der Waals surface area contributed by atoms with E-state index in [1.165, 1.54) is 12.0 Å². The number of aryl methyl sites for hydroxylation is 1. The van der Waals surface area contributed by atoms with Crippen LogP contribution < -0.4 is 10.1 Å². The van der Waals surface area contributed by atoms with Gasteiger partial charge in [0.25, 0.3) is 0 Å². The van der Waals surface area contributed by atoms with E-state index in [1.807, 2.05) is 55.5 Å². The maximum Gasteiger partial charge on any atom is 0.242 e. The molecule has 0 spiro atoms. The van der Waals surface area contributed by atoms with Crippen LogP contribution in [0.25, 0.3) is 0 Å². The minimum absolute atomic E-state index is 0.0753. The van der Waals surface area contributed by atoms with Gasteiger partial charge in [0.05, 0.1) is 6.61 Å². The minimum atomic E-state index is -0.575. The van der Waals surface area contributed by atoms with Crippen molar-refractivity contribution < 1.29 is 14.3 Å². The van der Waals surface area contributed by atoms with Gasteiger partial charge >= 0.3 is 0 Å².